The van der Waals surface area contributed by atoms with E-state index in [1.54, 1.807) is 0 Å². The molecule has 4 nitrogen and oxygen atoms in total. The fourth-order valence-electron chi connectivity index (χ4n) is 4.21. The number of anilines is 1. The number of nitrogens with one attached hydrogen (secondary N) is 1. The Kier molecular flexibility index (Phi) is 5.73. The first-order chi connectivity index (χ1) is 13.3. The lowest BCUT2D eigenvalue weighted by Gasteiger charge is -2.32. The Morgan fingerprint density at radius 3 is 2.63 bits per heavy atom. The fourth-order valence-corrected chi connectivity index (χ4v) is 4.21. The molecule has 0 aromatic heterocycles. The number of carbonyl (C=O) groups is 1. The highest BCUT2D eigenvalue weighted by molar-refractivity contribution is 5.94. The molecule has 1 fully saturated rings. The molecule has 4 rings (SSSR count). The molecule has 4 heteroatoms. The summed E-state index contributed by atoms with van der Waals surface area (Å²) in [5, 5.41) is 2.93. The third-order valence-electron chi connectivity index (χ3n) is 5.74. The van der Waals surface area contributed by atoms with Crippen LogP contribution >= 0.6 is 0 Å². The third-order valence-corrected chi connectivity index (χ3v) is 5.74. The molecule has 2 aromatic carbocycles. The van der Waals surface area contributed by atoms with Gasteiger partial charge < -0.3 is 15.0 Å². The third kappa shape index (κ3) is 4.51. The van der Waals surface area contributed by atoms with Crippen molar-refractivity contribution in [2.24, 2.45) is 0 Å². The highest BCUT2D eigenvalue weighted by Crippen LogP contribution is 2.31. The largest absolute Gasteiger partial charge is 0.493 e. The van der Waals surface area contributed by atoms with Crippen molar-refractivity contribution in [2.75, 3.05) is 31.6 Å². The SMILES string of the molecule is O=C1CCc2c(cccc2OCCCN2CCC(c3ccccc3)CC2)N1. The number of likely N-dealkylation sites (tertiary alicyclic amines) is 1. The normalized spacial score (nSPS) is 18.0. The Bertz CT molecular complexity index is 767. The van der Waals surface area contributed by atoms with Crippen LogP contribution in [0.4, 0.5) is 5.69 Å². The predicted octanol–water partition coefficient (Wildman–Crippen LogP) is 4.22. The standard InChI is InChI=1S/C23H28N2O2/c26-23-11-10-20-21(24-23)8-4-9-22(20)27-17-5-14-25-15-12-19(13-16-25)18-6-2-1-3-7-18/h1-4,6-9,19H,5,10-17H2,(H,24,26). The van der Waals surface area contributed by atoms with E-state index in [1.807, 2.05) is 18.2 Å². The molecule has 1 saturated heterocycles. The van der Waals surface area contributed by atoms with Crippen LogP contribution < -0.4 is 10.1 Å². The van der Waals surface area contributed by atoms with Crippen molar-refractivity contribution in [1.82, 2.24) is 4.90 Å². The van der Waals surface area contributed by atoms with E-state index < -0.39 is 0 Å². The summed E-state index contributed by atoms with van der Waals surface area (Å²) in [6.45, 7) is 4.16. The van der Waals surface area contributed by atoms with Gasteiger partial charge in [-0.25, -0.2) is 0 Å². The lowest BCUT2D eigenvalue weighted by molar-refractivity contribution is -0.116. The first-order valence-corrected chi connectivity index (χ1v) is 10.1. The highest BCUT2D eigenvalue weighted by atomic mass is 16.5. The van der Waals surface area contributed by atoms with E-state index >= 15 is 0 Å². The quantitative estimate of drug-likeness (QED) is 0.781. The highest BCUT2D eigenvalue weighted by Gasteiger charge is 2.20. The van der Waals surface area contributed by atoms with Gasteiger partial charge in [-0.2, -0.15) is 0 Å². The average molecular weight is 364 g/mol. The second-order valence-electron chi connectivity index (χ2n) is 7.56. The molecule has 2 aliphatic heterocycles. The van der Waals surface area contributed by atoms with Crippen LogP contribution in [-0.4, -0.2) is 37.0 Å². The number of amides is 1. The zero-order chi connectivity index (χ0) is 18.5. The first-order valence-electron chi connectivity index (χ1n) is 10.1. The Morgan fingerprint density at radius 2 is 1.81 bits per heavy atom. The molecular weight excluding hydrogens is 336 g/mol. The summed E-state index contributed by atoms with van der Waals surface area (Å²) in [7, 11) is 0. The molecule has 0 atom stereocenters. The molecule has 27 heavy (non-hydrogen) atoms. The number of rotatable bonds is 6. The molecule has 1 N–H and O–H groups in total. The van der Waals surface area contributed by atoms with Gasteiger partial charge in [-0.3, -0.25) is 4.79 Å². The van der Waals surface area contributed by atoms with Crippen molar-refractivity contribution in [1.29, 1.82) is 0 Å². The molecular formula is C23H28N2O2. The Morgan fingerprint density at radius 1 is 1.00 bits per heavy atom. The van der Waals surface area contributed by atoms with E-state index in [0.29, 0.717) is 12.3 Å². The maximum Gasteiger partial charge on any atom is 0.224 e. The summed E-state index contributed by atoms with van der Waals surface area (Å²) in [4.78, 5) is 14.1. The van der Waals surface area contributed by atoms with E-state index in [1.165, 1.54) is 31.5 Å². The van der Waals surface area contributed by atoms with Crippen LogP contribution in [0.5, 0.6) is 5.75 Å². The lowest BCUT2D eigenvalue weighted by atomic mass is 9.89. The molecule has 0 bridgehead atoms. The summed E-state index contributed by atoms with van der Waals surface area (Å²) in [5.41, 5.74) is 3.54. The van der Waals surface area contributed by atoms with Crippen LogP contribution in [0.15, 0.2) is 48.5 Å². The van der Waals surface area contributed by atoms with Crippen LogP contribution in [-0.2, 0) is 11.2 Å². The molecule has 0 unspecified atom stereocenters. The maximum absolute atomic E-state index is 11.5. The molecule has 2 aliphatic rings. The summed E-state index contributed by atoms with van der Waals surface area (Å²) in [5.74, 6) is 1.73. The number of benzene rings is 2. The molecule has 142 valence electrons. The van der Waals surface area contributed by atoms with Gasteiger partial charge in [-0.05, 0) is 62.4 Å². The molecule has 0 spiro atoms. The van der Waals surface area contributed by atoms with E-state index in [4.69, 9.17) is 4.74 Å². The van der Waals surface area contributed by atoms with E-state index in [0.717, 1.165) is 43.0 Å². The molecule has 0 aliphatic carbocycles. The number of hydrogen-bond donors (Lipinski definition) is 1. The number of fused-ring (bicyclic) bond motifs is 1. The van der Waals surface area contributed by atoms with Crippen LogP contribution in [0.25, 0.3) is 0 Å². The van der Waals surface area contributed by atoms with Gasteiger partial charge in [0.1, 0.15) is 5.75 Å². The van der Waals surface area contributed by atoms with Crippen molar-refractivity contribution in [3.63, 3.8) is 0 Å². The number of ether oxygens (including phenoxy) is 1. The zero-order valence-electron chi connectivity index (χ0n) is 15.8. The van der Waals surface area contributed by atoms with E-state index in [2.05, 4.69) is 40.5 Å². The minimum absolute atomic E-state index is 0.0959. The molecule has 0 radical (unpaired) electrons. The summed E-state index contributed by atoms with van der Waals surface area (Å²) >= 11 is 0. The van der Waals surface area contributed by atoms with Crippen molar-refractivity contribution in [2.45, 2.75) is 38.0 Å². The minimum atomic E-state index is 0.0959. The topological polar surface area (TPSA) is 41.6 Å². The summed E-state index contributed by atoms with van der Waals surface area (Å²) in [6.07, 6.45) is 4.84. The smallest absolute Gasteiger partial charge is 0.224 e. The summed E-state index contributed by atoms with van der Waals surface area (Å²) in [6, 6.07) is 16.8. The number of hydrogen-bond acceptors (Lipinski definition) is 3. The van der Waals surface area contributed by atoms with Gasteiger partial charge >= 0.3 is 0 Å². The first kappa shape index (κ1) is 18.1. The minimum Gasteiger partial charge on any atom is -0.493 e. The Labute approximate surface area is 161 Å². The fraction of sp³-hybridized carbons (Fsp3) is 0.435. The van der Waals surface area contributed by atoms with E-state index in [9.17, 15) is 4.79 Å². The number of carbonyl (C=O) groups excluding carboxylic acids is 1. The molecule has 0 saturated carbocycles. The van der Waals surface area contributed by atoms with Crippen LogP contribution in [0, 0.1) is 0 Å². The molecule has 1 amide bonds. The van der Waals surface area contributed by atoms with Crippen LogP contribution in [0.3, 0.4) is 0 Å². The van der Waals surface area contributed by atoms with E-state index in [-0.39, 0.29) is 5.91 Å². The van der Waals surface area contributed by atoms with Gasteiger partial charge in [0, 0.05) is 24.2 Å². The predicted molar refractivity (Wildman–Crippen MR) is 108 cm³/mol. The Hall–Kier alpha value is -2.33. The number of nitrogens with zero attached hydrogens (tertiary/aromatic N) is 1. The monoisotopic (exact) mass is 364 g/mol. The second-order valence-corrected chi connectivity index (χ2v) is 7.56. The van der Waals surface area contributed by atoms with Gasteiger partial charge in [0.15, 0.2) is 0 Å². The van der Waals surface area contributed by atoms with Crippen LogP contribution in [0.2, 0.25) is 0 Å². The van der Waals surface area contributed by atoms with Crippen molar-refractivity contribution in [3.8, 4) is 5.75 Å². The van der Waals surface area contributed by atoms with Gasteiger partial charge in [0.2, 0.25) is 5.91 Å². The number of piperidine rings is 1. The van der Waals surface area contributed by atoms with Crippen LogP contribution in [0.1, 0.15) is 42.7 Å². The van der Waals surface area contributed by atoms with Crippen molar-refractivity contribution >= 4 is 11.6 Å². The molecule has 2 heterocycles. The Balaban J connectivity index is 1.21. The maximum atomic E-state index is 11.5. The van der Waals surface area contributed by atoms with Crippen molar-refractivity contribution in [3.05, 3.63) is 59.7 Å². The van der Waals surface area contributed by atoms with Gasteiger partial charge in [-0.1, -0.05) is 36.4 Å². The lowest BCUT2D eigenvalue weighted by Crippen LogP contribution is -2.34. The zero-order valence-corrected chi connectivity index (χ0v) is 15.8. The summed E-state index contributed by atoms with van der Waals surface area (Å²) < 4.78 is 6.04. The molecule has 2 aromatic rings. The average Bonchev–Trinajstić information content (AvgIpc) is 2.72. The second kappa shape index (κ2) is 8.57. The van der Waals surface area contributed by atoms with Gasteiger partial charge in [-0.15, -0.1) is 0 Å². The van der Waals surface area contributed by atoms with Gasteiger partial charge in [0.05, 0.1) is 6.61 Å². The van der Waals surface area contributed by atoms with Crippen molar-refractivity contribution < 1.29 is 9.53 Å². The van der Waals surface area contributed by atoms with Gasteiger partial charge in [0.25, 0.3) is 0 Å².